The second-order valence-corrected chi connectivity index (χ2v) is 10.5. The zero-order valence-electron chi connectivity index (χ0n) is 20.6. The summed E-state index contributed by atoms with van der Waals surface area (Å²) < 4.78 is 0. The highest BCUT2D eigenvalue weighted by atomic mass is 15.2. The quantitative estimate of drug-likeness (QED) is 0.328. The number of hydrogen-bond acceptors (Lipinski definition) is 2. The molecule has 1 atom stereocenters. The third-order valence-corrected chi connectivity index (χ3v) is 7.94. The Morgan fingerprint density at radius 3 is 1.94 bits per heavy atom. The Hall–Kier alpha value is -2.94. The van der Waals surface area contributed by atoms with Crippen molar-refractivity contribution in [2.24, 2.45) is 0 Å². The minimum absolute atomic E-state index is 0.481. The highest BCUT2D eigenvalue weighted by Crippen LogP contribution is 2.35. The van der Waals surface area contributed by atoms with E-state index in [1.807, 2.05) is 0 Å². The number of nitrogens with zero attached hydrogens (tertiary/aromatic N) is 2. The van der Waals surface area contributed by atoms with E-state index in [0.29, 0.717) is 12.1 Å². The molecule has 0 aromatic heterocycles. The normalized spacial score (nSPS) is 16.8. The lowest BCUT2D eigenvalue weighted by atomic mass is 9.91. The van der Waals surface area contributed by atoms with Gasteiger partial charge in [0, 0.05) is 38.3 Å². The first-order chi connectivity index (χ1) is 16.6. The van der Waals surface area contributed by atoms with Gasteiger partial charge in [0.05, 0.1) is 0 Å². The lowest BCUT2D eigenvalue weighted by Crippen LogP contribution is -2.35. The predicted molar refractivity (Wildman–Crippen MR) is 143 cm³/mol. The SMILES string of the molecule is CC(C)N1Cc2ccccc2-c2cc(CC(C)N3Cc4cccc5cccc(c45)C3)ccc2C1. The minimum Gasteiger partial charge on any atom is -0.292 e. The van der Waals surface area contributed by atoms with Gasteiger partial charge >= 0.3 is 0 Å². The van der Waals surface area contributed by atoms with Crippen molar-refractivity contribution in [1.29, 1.82) is 0 Å². The van der Waals surface area contributed by atoms with Gasteiger partial charge in [-0.05, 0) is 76.9 Å². The fourth-order valence-electron chi connectivity index (χ4n) is 5.96. The van der Waals surface area contributed by atoms with Gasteiger partial charge in [0.25, 0.3) is 0 Å². The van der Waals surface area contributed by atoms with E-state index in [1.54, 1.807) is 0 Å². The maximum Gasteiger partial charge on any atom is 0.0246 e. The van der Waals surface area contributed by atoms with Crippen molar-refractivity contribution >= 4 is 10.8 Å². The average molecular weight is 447 g/mol. The standard InChI is InChI=1S/C32H34N2/c1-22(2)33-18-26-8-4-5-13-30(26)31-17-24(14-15-27(31)19-33)16-23(3)34-20-28-11-6-9-25-10-7-12-29(21-34)32(25)28/h4-15,17,22-23H,16,18-21H2,1-3H3. The van der Waals surface area contributed by atoms with Crippen LogP contribution in [0.4, 0.5) is 0 Å². The first kappa shape index (κ1) is 21.6. The molecule has 2 aliphatic heterocycles. The van der Waals surface area contributed by atoms with Crippen LogP contribution in [0.1, 0.15) is 48.6 Å². The smallest absolute Gasteiger partial charge is 0.0246 e. The third-order valence-electron chi connectivity index (χ3n) is 7.94. The molecular weight excluding hydrogens is 412 g/mol. The lowest BCUT2D eigenvalue weighted by molar-refractivity contribution is 0.186. The van der Waals surface area contributed by atoms with Crippen molar-refractivity contribution in [1.82, 2.24) is 9.80 Å². The van der Waals surface area contributed by atoms with Crippen molar-refractivity contribution in [3.63, 3.8) is 0 Å². The van der Waals surface area contributed by atoms with Crippen LogP contribution < -0.4 is 0 Å². The molecule has 2 heterocycles. The van der Waals surface area contributed by atoms with Gasteiger partial charge in [0.1, 0.15) is 0 Å². The van der Waals surface area contributed by atoms with Crippen LogP contribution in [0.2, 0.25) is 0 Å². The Labute approximate surface area is 203 Å². The van der Waals surface area contributed by atoms with Gasteiger partial charge in [-0.3, -0.25) is 9.80 Å². The van der Waals surface area contributed by atoms with Crippen LogP contribution in [0.5, 0.6) is 0 Å². The third kappa shape index (κ3) is 3.85. The van der Waals surface area contributed by atoms with Gasteiger partial charge < -0.3 is 0 Å². The lowest BCUT2D eigenvalue weighted by Gasteiger charge is -2.34. The molecule has 0 amide bonds. The van der Waals surface area contributed by atoms with E-state index >= 15 is 0 Å². The second-order valence-electron chi connectivity index (χ2n) is 10.5. The topological polar surface area (TPSA) is 6.48 Å². The van der Waals surface area contributed by atoms with Crippen LogP contribution in [0, 0.1) is 0 Å². The summed E-state index contributed by atoms with van der Waals surface area (Å²) in [7, 11) is 0. The van der Waals surface area contributed by atoms with Crippen LogP contribution in [-0.4, -0.2) is 21.9 Å². The molecule has 2 aliphatic rings. The fraction of sp³-hybridized carbons (Fsp3) is 0.312. The molecule has 4 aromatic carbocycles. The van der Waals surface area contributed by atoms with Crippen molar-refractivity contribution in [3.05, 3.63) is 107 Å². The number of fused-ring (bicyclic) bond motifs is 3. The van der Waals surface area contributed by atoms with E-state index in [1.165, 1.54) is 49.7 Å². The zero-order valence-corrected chi connectivity index (χ0v) is 20.6. The van der Waals surface area contributed by atoms with E-state index in [2.05, 4.69) is 109 Å². The van der Waals surface area contributed by atoms with Gasteiger partial charge in [-0.15, -0.1) is 0 Å². The van der Waals surface area contributed by atoms with Crippen LogP contribution in [0.25, 0.3) is 21.9 Å². The molecule has 0 N–H and O–H groups in total. The van der Waals surface area contributed by atoms with Gasteiger partial charge in [0.2, 0.25) is 0 Å². The molecule has 0 bridgehead atoms. The summed E-state index contributed by atoms with van der Waals surface area (Å²) in [4.78, 5) is 5.23. The average Bonchev–Trinajstić information content (AvgIpc) is 3.01. The van der Waals surface area contributed by atoms with Crippen LogP contribution in [0.15, 0.2) is 78.9 Å². The van der Waals surface area contributed by atoms with Crippen molar-refractivity contribution in [2.75, 3.05) is 0 Å². The molecule has 0 spiro atoms. The van der Waals surface area contributed by atoms with E-state index in [4.69, 9.17) is 0 Å². The Kier molecular flexibility index (Phi) is 5.51. The molecule has 172 valence electrons. The molecular formula is C32H34N2. The zero-order chi connectivity index (χ0) is 23.2. The largest absolute Gasteiger partial charge is 0.292 e. The second kappa shape index (κ2) is 8.69. The maximum atomic E-state index is 2.65. The molecule has 0 fully saturated rings. The van der Waals surface area contributed by atoms with E-state index in [0.717, 1.165) is 32.6 Å². The van der Waals surface area contributed by atoms with Crippen LogP contribution in [0.3, 0.4) is 0 Å². The number of rotatable bonds is 4. The molecule has 0 saturated carbocycles. The van der Waals surface area contributed by atoms with Gasteiger partial charge in [-0.25, -0.2) is 0 Å². The predicted octanol–water partition coefficient (Wildman–Crippen LogP) is 7.18. The number of hydrogen-bond donors (Lipinski definition) is 0. The van der Waals surface area contributed by atoms with E-state index in [9.17, 15) is 0 Å². The highest BCUT2D eigenvalue weighted by Gasteiger charge is 2.24. The van der Waals surface area contributed by atoms with Crippen molar-refractivity contribution in [2.45, 2.75) is 65.5 Å². The van der Waals surface area contributed by atoms with E-state index < -0.39 is 0 Å². The molecule has 2 heteroatoms. The molecule has 4 aromatic rings. The first-order valence-corrected chi connectivity index (χ1v) is 12.7. The van der Waals surface area contributed by atoms with Gasteiger partial charge in [-0.1, -0.05) is 78.9 Å². The monoisotopic (exact) mass is 446 g/mol. The Bertz CT molecular complexity index is 1310. The van der Waals surface area contributed by atoms with Gasteiger partial charge in [0.15, 0.2) is 0 Å². The first-order valence-electron chi connectivity index (χ1n) is 12.7. The maximum absolute atomic E-state index is 2.65. The summed E-state index contributed by atoms with van der Waals surface area (Å²) in [6.45, 7) is 11.1. The molecule has 0 radical (unpaired) electrons. The van der Waals surface area contributed by atoms with Crippen LogP contribution in [-0.2, 0) is 32.6 Å². The minimum atomic E-state index is 0.481. The highest BCUT2D eigenvalue weighted by molar-refractivity contribution is 5.89. The molecule has 1 unspecified atom stereocenters. The van der Waals surface area contributed by atoms with Crippen LogP contribution >= 0.6 is 0 Å². The molecule has 2 nitrogen and oxygen atoms in total. The Morgan fingerprint density at radius 1 is 0.618 bits per heavy atom. The van der Waals surface area contributed by atoms with Gasteiger partial charge in [-0.2, -0.15) is 0 Å². The summed E-state index contributed by atoms with van der Waals surface area (Å²) in [5.41, 5.74) is 10.1. The molecule has 6 rings (SSSR count). The summed E-state index contributed by atoms with van der Waals surface area (Å²) in [5, 5.41) is 2.85. The summed E-state index contributed by atoms with van der Waals surface area (Å²) in [6.07, 6.45) is 1.07. The summed E-state index contributed by atoms with van der Waals surface area (Å²) >= 11 is 0. The number of benzene rings is 4. The Morgan fingerprint density at radius 2 is 1.24 bits per heavy atom. The molecule has 34 heavy (non-hydrogen) atoms. The molecule has 0 saturated heterocycles. The van der Waals surface area contributed by atoms with E-state index in [-0.39, 0.29) is 0 Å². The summed E-state index contributed by atoms with van der Waals surface area (Å²) in [6, 6.07) is 30.8. The van der Waals surface area contributed by atoms with Crippen molar-refractivity contribution < 1.29 is 0 Å². The molecule has 0 aliphatic carbocycles. The van der Waals surface area contributed by atoms with Crippen molar-refractivity contribution in [3.8, 4) is 11.1 Å². The Balaban J connectivity index is 1.29. The summed E-state index contributed by atoms with van der Waals surface area (Å²) in [5.74, 6) is 0. The fourth-order valence-corrected chi connectivity index (χ4v) is 5.96.